The summed E-state index contributed by atoms with van der Waals surface area (Å²) in [6.45, 7) is 12.0. The Kier molecular flexibility index (Phi) is 9.20. The van der Waals surface area contributed by atoms with Crippen molar-refractivity contribution < 1.29 is 14.6 Å². The van der Waals surface area contributed by atoms with Crippen molar-refractivity contribution >= 4 is 5.97 Å². The first kappa shape index (κ1) is 21.7. The summed E-state index contributed by atoms with van der Waals surface area (Å²) < 4.78 is 5.68. The van der Waals surface area contributed by atoms with Gasteiger partial charge in [-0.1, -0.05) is 30.2 Å². The Labute approximate surface area is 153 Å². The Bertz CT molecular complexity index is 523. The van der Waals surface area contributed by atoms with Crippen molar-refractivity contribution in [3.63, 3.8) is 0 Å². The molecule has 0 saturated heterocycles. The van der Waals surface area contributed by atoms with Crippen LogP contribution in [0.1, 0.15) is 73.6 Å². The first-order chi connectivity index (χ1) is 11.7. The van der Waals surface area contributed by atoms with Gasteiger partial charge in [0.15, 0.2) is 0 Å². The van der Waals surface area contributed by atoms with Gasteiger partial charge in [-0.05, 0) is 77.4 Å². The van der Waals surface area contributed by atoms with Gasteiger partial charge in [-0.3, -0.25) is 4.79 Å². The molecule has 0 heterocycles. The molecule has 0 aromatic carbocycles. The van der Waals surface area contributed by atoms with E-state index in [4.69, 9.17) is 4.74 Å². The minimum absolute atomic E-state index is 0.255. The topological polar surface area (TPSA) is 46.5 Å². The lowest BCUT2D eigenvalue weighted by Crippen LogP contribution is -2.31. The van der Waals surface area contributed by atoms with Gasteiger partial charge in [-0.2, -0.15) is 0 Å². The van der Waals surface area contributed by atoms with Gasteiger partial charge in [0.25, 0.3) is 0 Å². The molecule has 0 spiro atoms. The average Bonchev–Trinajstić information content (AvgIpc) is 2.50. The van der Waals surface area contributed by atoms with Crippen molar-refractivity contribution in [1.29, 1.82) is 0 Å². The summed E-state index contributed by atoms with van der Waals surface area (Å²) in [4.78, 5) is 11.7. The molecule has 4 atom stereocenters. The fraction of sp³-hybridized carbons (Fsp3) is 0.682. The average molecular weight is 349 g/mol. The molecular formula is C22H36O3. The van der Waals surface area contributed by atoms with E-state index in [1.54, 1.807) is 0 Å². The number of allylic oxidation sites excluding steroid dienone is 3. The highest BCUT2D eigenvalue weighted by Gasteiger charge is 2.28. The number of hydrogen-bond acceptors (Lipinski definition) is 3. The maximum atomic E-state index is 11.7. The molecule has 0 radical (unpaired) electrons. The lowest BCUT2D eigenvalue weighted by Gasteiger charge is -2.31. The molecule has 1 rings (SSSR count). The Balaban J connectivity index is 3.05. The van der Waals surface area contributed by atoms with Crippen molar-refractivity contribution in [3.8, 4) is 0 Å². The summed E-state index contributed by atoms with van der Waals surface area (Å²) in [6.07, 6.45) is 10.3. The monoisotopic (exact) mass is 348 g/mol. The van der Waals surface area contributed by atoms with E-state index in [0.29, 0.717) is 12.3 Å². The van der Waals surface area contributed by atoms with Gasteiger partial charge in [0.2, 0.25) is 0 Å². The molecule has 0 bridgehead atoms. The Hall–Kier alpha value is -1.35. The summed E-state index contributed by atoms with van der Waals surface area (Å²) in [7, 11) is 0. The molecule has 0 aromatic rings. The first-order valence-corrected chi connectivity index (χ1v) is 9.53. The van der Waals surface area contributed by atoms with Crippen LogP contribution in [0.15, 0.2) is 34.9 Å². The molecule has 1 N–H and O–H groups in total. The minimum atomic E-state index is -0.507. The second kappa shape index (κ2) is 10.6. The van der Waals surface area contributed by atoms with Crippen LogP contribution in [0.5, 0.6) is 0 Å². The predicted molar refractivity (Wildman–Crippen MR) is 104 cm³/mol. The molecule has 4 unspecified atom stereocenters. The van der Waals surface area contributed by atoms with Crippen LogP contribution in [0.2, 0.25) is 0 Å². The quantitative estimate of drug-likeness (QED) is 0.538. The minimum Gasteiger partial charge on any atom is -0.458 e. The van der Waals surface area contributed by atoms with Crippen molar-refractivity contribution in [2.24, 2.45) is 11.8 Å². The Morgan fingerprint density at radius 2 is 2.04 bits per heavy atom. The van der Waals surface area contributed by atoms with Crippen molar-refractivity contribution in [2.75, 3.05) is 0 Å². The van der Waals surface area contributed by atoms with Crippen LogP contribution in [-0.4, -0.2) is 23.3 Å². The molecule has 0 saturated carbocycles. The highest BCUT2D eigenvalue weighted by Crippen LogP contribution is 2.31. The van der Waals surface area contributed by atoms with Crippen LogP contribution < -0.4 is 0 Å². The summed E-state index contributed by atoms with van der Waals surface area (Å²) >= 11 is 0. The summed E-state index contributed by atoms with van der Waals surface area (Å²) in [5, 5.41) is 10.3. The maximum Gasteiger partial charge on any atom is 0.303 e. The lowest BCUT2D eigenvalue weighted by molar-refractivity contribution is -0.147. The van der Waals surface area contributed by atoms with Crippen molar-refractivity contribution in [1.82, 2.24) is 0 Å². The van der Waals surface area contributed by atoms with Gasteiger partial charge in [0.1, 0.15) is 6.10 Å². The van der Waals surface area contributed by atoms with Crippen molar-refractivity contribution in [3.05, 3.63) is 34.9 Å². The number of aliphatic hydroxyl groups excluding tert-OH is 1. The van der Waals surface area contributed by atoms with Gasteiger partial charge in [-0.15, -0.1) is 0 Å². The molecule has 1 aliphatic rings. The second-order valence-electron chi connectivity index (χ2n) is 7.83. The van der Waals surface area contributed by atoms with Crippen molar-refractivity contribution in [2.45, 2.75) is 85.9 Å². The summed E-state index contributed by atoms with van der Waals surface area (Å²) in [6, 6.07) is 0. The van der Waals surface area contributed by atoms with Crippen LogP contribution in [0, 0.1) is 11.8 Å². The zero-order valence-corrected chi connectivity index (χ0v) is 16.8. The molecule has 0 amide bonds. The van der Waals surface area contributed by atoms with Crippen LogP contribution in [0.4, 0.5) is 0 Å². The van der Waals surface area contributed by atoms with E-state index < -0.39 is 6.10 Å². The number of carbonyl (C=O) groups is 1. The van der Waals surface area contributed by atoms with Gasteiger partial charge in [0.05, 0.1) is 6.10 Å². The first-order valence-electron chi connectivity index (χ1n) is 9.53. The highest BCUT2D eigenvalue weighted by atomic mass is 16.5. The third-order valence-electron chi connectivity index (χ3n) is 5.14. The number of hydrogen-bond donors (Lipinski definition) is 1. The third-order valence-corrected chi connectivity index (χ3v) is 5.14. The number of ether oxygens (including phenoxy) is 1. The molecule has 142 valence electrons. The number of esters is 1. The third kappa shape index (κ3) is 8.04. The van der Waals surface area contributed by atoms with E-state index in [1.807, 2.05) is 13.0 Å². The lowest BCUT2D eigenvalue weighted by atomic mass is 9.80. The van der Waals surface area contributed by atoms with Crippen LogP contribution in [0.25, 0.3) is 0 Å². The maximum absolute atomic E-state index is 11.7. The van der Waals surface area contributed by atoms with Gasteiger partial charge >= 0.3 is 5.97 Å². The van der Waals surface area contributed by atoms with Crippen LogP contribution in [0.3, 0.4) is 0 Å². The largest absolute Gasteiger partial charge is 0.458 e. The normalized spacial score (nSPS) is 26.1. The molecule has 0 aliphatic heterocycles. The number of aliphatic hydroxyl groups is 1. The SMILES string of the molecule is CC(=O)OC1C=C(C)C(O)CC=C(C)CCC1C(C)CCC=C(C)C. The summed E-state index contributed by atoms with van der Waals surface area (Å²) in [5.41, 5.74) is 3.53. The van der Waals surface area contributed by atoms with Crippen LogP contribution >= 0.6 is 0 Å². The number of rotatable bonds is 5. The molecule has 3 nitrogen and oxygen atoms in total. The van der Waals surface area contributed by atoms with Crippen LogP contribution in [-0.2, 0) is 9.53 Å². The molecule has 25 heavy (non-hydrogen) atoms. The molecule has 1 aliphatic carbocycles. The molecule has 0 fully saturated rings. The molecule has 0 aromatic heterocycles. The zero-order chi connectivity index (χ0) is 19.0. The van der Waals surface area contributed by atoms with E-state index in [2.05, 4.69) is 39.8 Å². The molecule has 3 heteroatoms. The van der Waals surface area contributed by atoms with Gasteiger partial charge in [-0.25, -0.2) is 0 Å². The Morgan fingerprint density at radius 1 is 1.36 bits per heavy atom. The predicted octanol–water partition coefficient (Wildman–Crippen LogP) is 5.35. The fourth-order valence-corrected chi connectivity index (χ4v) is 3.42. The molecular weight excluding hydrogens is 312 g/mol. The van der Waals surface area contributed by atoms with Gasteiger partial charge in [0, 0.05) is 12.8 Å². The second-order valence-corrected chi connectivity index (χ2v) is 7.83. The zero-order valence-electron chi connectivity index (χ0n) is 16.8. The summed E-state index contributed by atoms with van der Waals surface area (Å²) in [5.74, 6) is 0.445. The van der Waals surface area contributed by atoms with E-state index in [-0.39, 0.29) is 18.0 Å². The van der Waals surface area contributed by atoms with Gasteiger partial charge < -0.3 is 9.84 Å². The van der Waals surface area contributed by atoms with E-state index >= 15 is 0 Å². The van der Waals surface area contributed by atoms with E-state index in [1.165, 1.54) is 18.1 Å². The smallest absolute Gasteiger partial charge is 0.303 e. The standard InChI is InChI=1S/C22H36O3/c1-15(2)8-7-9-17(4)20-12-10-16(3)11-13-21(24)18(5)14-22(20)25-19(6)23/h8,11,14,17,20-22,24H,7,9-10,12-13H2,1-6H3. The van der Waals surface area contributed by atoms with E-state index in [9.17, 15) is 9.90 Å². The number of carbonyl (C=O) groups excluding carboxylic acids is 1. The highest BCUT2D eigenvalue weighted by molar-refractivity contribution is 5.66. The Morgan fingerprint density at radius 3 is 2.64 bits per heavy atom. The van der Waals surface area contributed by atoms with E-state index in [0.717, 1.165) is 31.3 Å². The fourth-order valence-electron chi connectivity index (χ4n) is 3.42.